The number of pyridine rings is 1. The first-order chi connectivity index (χ1) is 13.7. The van der Waals surface area contributed by atoms with E-state index < -0.39 is 5.97 Å². The van der Waals surface area contributed by atoms with E-state index in [2.05, 4.69) is 10.3 Å². The zero-order chi connectivity index (χ0) is 19.5. The molecule has 1 aliphatic carbocycles. The standard InChI is InChI=1S/C21H23N5O2/c22-13-15-8-3-4-10-18(15)26-19(12-17(25-26)14-6-1-2-7-14)24-20-16(21(27)28)9-5-11-23-20/h3-5,8-12,14H,1-2,6-7,13,22H2,(H,23,24)(H,27,28). The van der Waals surface area contributed by atoms with Crippen LogP contribution in [-0.2, 0) is 6.54 Å². The third-order valence-electron chi connectivity index (χ3n) is 5.23. The third-order valence-corrected chi connectivity index (χ3v) is 5.23. The number of benzene rings is 1. The Morgan fingerprint density at radius 3 is 2.75 bits per heavy atom. The molecule has 0 amide bonds. The van der Waals surface area contributed by atoms with Crippen molar-refractivity contribution < 1.29 is 9.90 Å². The molecule has 28 heavy (non-hydrogen) atoms. The lowest BCUT2D eigenvalue weighted by Gasteiger charge is -2.13. The molecule has 144 valence electrons. The normalized spacial score (nSPS) is 14.3. The molecule has 1 aromatic carbocycles. The molecular formula is C21H23N5O2. The molecule has 2 heterocycles. The molecule has 0 unspecified atom stereocenters. The van der Waals surface area contributed by atoms with Gasteiger partial charge in [-0.25, -0.2) is 14.5 Å². The van der Waals surface area contributed by atoms with Gasteiger partial charge >= 0.3 is 5.97 Å². The lowest BCUT2D eigenvalue weighted by molar-refractivity contribution is 0.0697. The quantitative estimate of drug-likeness (QED) is 0.603. The highest BCUT2D eigenvalue weighted by atomic mass is 16.4. The maximum absolute atomic E-state index is 11.6. The number of carbonyl (C=O) groups is 1. The lowest BCUT2D eigenvalue weighted by atomic mass is 10.0. The van der Waals surface area contributed by atoms with Crippen molar-refractivity contribution in [2.75, 3.05) is 5.32 Å². The number of aromatic nitrogens is 3. The topological polar surface area (TPSA) is 106 Å². The number of carboxylic acid groups (broad SMARTS) is 1. The summed E-state index contributed by atoms with van der Waals surface area (Å²) in [5.41, 5.74) is 8.90. The maximum atomic E-state index is 11.6. The average molecular weight is 377 g/mol. The number of nitrogens with zero attached hydrogens (tertiary/aromatic N) is 3. The van der Waals surface area contributed by atoms with Crippen LogP contribution in [0.1, 0.15) is 53.2 Å². The number of hydrogen-bond donors (Lipinski definition) is 3. The van der Waals surface area contributed by atoms with Crippen LogP contribution in [0.25, 0.3) is 5.69 Å². The molecule has 1 aliphatic rings. The van der Waals surface area contributed by atoms with Crippen LogP contribution in [0, 0.1) is 0 Å². The zero-order valence-corrected chi connectivity index (χ0v) is 15.5. The Bertz CT molecular complexity index is 992. The Balaban J connectivity index is 1.80. The Morgan fingerprint density at radius 1 is 1.21 bits per heavy atom. The molecule has 4 rings (SSSR count). The van der Waals surface area contributed by atoms with Crippen LogP contribution in [0.4, 0.5) is 11.6 Å². The second-order valence-electron chi connectivity index (χ2n) is 7.01. The van der Waals surface area contributed by atoms with Crippen molar-refractivity contribution in [1.29, 1.82) is 0 Å². The van der Waals surface area contributed by atoms with Crippen molar-refractivity contribution in [1.82, 2.24) is 14.8 Å². The molecule has 2 aromatic heterocycles. The van der Waals surface area contributed by atoms with Crippen LogP contribution in [0.2, 0.25) is 0 Å². The molecule has 3 aromatic rings. The van der Waals surface area contributed by atoms with Crippen LogP contribution in [-0.4, -0.2) is 25.8 Å². The van der Waals surface area contributed by atoms with Gasteiger partial charge in [0.2, 0.25) is 0 Å². The Kier molecular flexibility index (Phi) is 5.08. The predicted molar refractivity (Wildman–Crippen MR) is 107 cm³/mol. The molecule has 7 heteroatoms. The van der Waals surface area contributed by atoms with E-state index in [1.807, 2.05) is 35.0 Å². The first-order valence-corrected chi connectivity index (χ1v) is 9.51. The van der Waals surface area contributed by atoms with Gasteiger partial charge in [0, 0.05) is 24.7 Å². The van der Waals surface area contributed by atoms with Crippen molar-refractivity contribution in [3.05, 3.63) is 65.5 Å². The van der Waals surface area contributed by atoms with Gasteiger partial charge in [0.1, 0.15) is 17.2 Å². The fourth-order valence-corrected chi connectivity index (χ4v) is 3.78. The molecule has 0 saturated heterocycles. The van der Waals surface area contributed by atoms with E-state index in [1.54, 1.807) is 12.3 Å². The summed E-state index contributed by atoms with van der Waals surface area (Å²) in [6.07, 6.45) is 6.24. The minimum Gasteiger partial charge on any atom is -0.478 e. The van der Waals surface area contributed by atoms with E-state index in [0.29, 0.717) is 24.1 Å². The monoisotopic (exact) mass is 377 g/mol. The van der Waals surface area contributed by atoms with Gasteiger partial charge in [-0.15, -0.1) is 0 Å². The van der Waals surface area contributed by atoms with Crippen molar-refractivity contribution >= 4 is 17.6 Å². The third kappa shape index (κ3) is 3.48. The van der Waals surface area contributed by atoms with E-state index in [9.17, 15) is 9.90 Å². The second-order valence-corrected chi connectivity index (χ2v) is 7.01. The van der Waals surface area contributed by atoms with Crippen molar-refractivity contribution in [3.63, 3.8) is 0 Å². The van der Waals surface area contributed by atoms with Gasteiger partial charge in [-0.1, -0.05) is 31.0 Å². The number of anilines is 2. The molecule has 4 N–H and O–H groups in total. The summed E-state index contributed by atoms with van der Waals surface area (Å²) in [4.78, 5) is 15.8. The number of nitrogens with one attached hydrogen (secondary N) is 1. The van der Waals surface area contributed by atoms with E-state index in [-0.39, 0.29) is 5.56 Å². The summed E-state index contributed by atoms with van der Waals surface area (Å²) in [5.74, 6) is 0.373. The van der Waals surface area contributed by atoms with Crippen LogP contribution < -0.4 is 11.1 Å². The highest BCUT2D eigenvalue weighted by Gasteiger charge is 2.23. The summed E-state index contributed by atoms with van der Waals surface area (Å²) in [5, 5.41) is 17.5. The predicted octanol–water partition coefficient (Wildman–Crippen LogP) is 3.83. The molecule has 0 radical (unpaired) electrons. The minimum absolute atomic E-state index is 0.116. The Hall–Kier alpha value is -3.19. The minimum atomic E-state index is -1.03. The largest absolute Gasteiger partial charge is 0.478 e. The molecule has 1 fully saturated rings. The maximum Gasteiger partial charge on any atom is 0.339 e. The molecule has 0 atom stereocenters. The van der Waals surface area contributed by atoms with E-state index in [4.69, 9.17) is 10.8 Å². The Labute approximate surface area is 163 Å². The number of rotatable bonds is 6. The SMILES string of the molecule is NCc1ccccc1-n1nc(C2CCCC2)cc1Nc1ncccc1C(=O)O. The van der Waals surface area contributed by atoms with Crippen molar-refractivity contribution in [2.24, 2.45) is 5.73 Å². The smallest absolute Gasteiger partial charge is 0.339 e. The van der Waals surface area contributed by atoms with Gasteiger partial charge in [0.05, 0.1) is 11.4 Å². The summed E-state index contributed by atoms with van der Waals surface area (Å²) in [6, 6.07) is 13.0. The zero-order valence-electron chi connectivity index (χ0n) is 15.5. The fourth-order valence-electron chi connectivity index (χ4n) is 3.78. The van der Waals surface area contributed by atoms with Crippen LogP contribution >= 0.6 is 0 Å². The summed E-state index contributed by atoms with van der Waals surface area (Å²) in [6.45, 7) is 0.387. The lowest BCUT2D eigenvalue weighted by Crippen LogP contribution is -2.10. The van der Waals surface area contributed by atoms with Gasteiger partial charge in [-0.2, -0.15) is 5.10 Å². The van der Waals surface area contributed by atoms with Gasteiger partial charge in [0.25, 0.3) is 0 Å². The second kappa shape index (κ2) is 7.82. The van der Waals surface area contributed by atoms with Crippen LogP contribution in [0.15, 0.2) is 48.7 Å². The Morgan fingerprint density at radius 2 is 2.00 bits per heavy atom. The summed E-state index contributed by atoms with van der Waals surface area (Å²) in [7, 11) is 0. The fraction of sp³-hybridized carbons (Fsp3) is 0.286. The van der Waals surface area contributed by atoms with Gasteiger partial charge < -0.3 is 16.2 Å². The number of nitrogens with two attached hydrogens (primary N) is 1. The van der Waals surface area contributed by atoms with Gasteiger partial charge in [-0.3, -0.25) is 0 Å². The number of para-hydroxylation sites is 1. The van der Waals surface area contributed by atoms with Gasteiger partial charge in [0.15, 0.2) is 0 Å². The van der Waals surface area contributed by atoms with Crippen molar-refractivity contribution in [3.8, 4) is 5.69 Å². The number of hydrogen-bond acceptors (Lipinski definition) is 5. The highest BCUT2D eigenvalue weighted by Crippen LogP contribution is 2.36. The summed E-state index contributed by atoms with van der Waals surface area (Å²) >= 11 is 0. The molecule has 0 spiro atoms. The number of aromatic carboxylic acids is 1. The average Bonchev–Trinajstić information content (AvgIpc) is 3.38. The van der Waals surface area contributed by atoms with E-state index >= 15 is 0 Å². The molecule has 7 nitrogen and oxygen atoms in total. The molecule has 0 bridgehead atoms. The molecular weight excluding hydrogens is 354 g/mol. The van der Waals surface area contributed by atoms with E-state index in [1.165, 1.54) is 18.9 Å². The summed E-state index contributed by atoms with van der Waals surface area (Å²) < 4.78 is 1.82. The highest BCUT2D eigenvalue weighted by molar-refractivity contribution is 5.93. The van der Waals surface area contributed by atoms with Crippen molar-refractivity contribution in [2.45, 2.75) is 38.1 Å². The van der Waals surface area contributed by atoms with Crippen LogP contribution in [0.3, 0.4) is 0 Å². The molecule has 1 saturated carbocycles. The van der Waals surface area contributed by atoms with Gasteiger partial charge in [-0.05, 0) is 36.6 Å². The van der Waals surface area contributed by atoms with E-state index in [0.717, 1.165) is 29.8 Å². The first kappa shape index (κ1) is 18.2. The molecule has 0 aliphatic heterocycles. The number of carboxylic acids is 1. The first-order valence-electron chi connectivity index (χ1n) is 9.51. The van der Waals surface area contributed by atoms with Crippen LogP contribution in [0.5, 0.6) is 0 Å².